The molecule has 1 saturated heterocycles. The maximum absolute atomic E-state index is 14.7. The molecule has 4 aliphatic rings. The Morgan fingerprint density at radius 1 is 1.05 bits per heavy atom. The summed E-state index contributed by atoms with van der Waals surface area (Å²) in [6, 6.07) is 11.1. The summed E-state index contributed by atoms with van der Waals surface area (Å²) in [6.45, 7) is 7.91. The summed E-state index contributed by atoms with van der Waals surface area (Å²) >= 11 is 0. The van der Waals surface area contributed by atoms with Gasteiger partial charge in [0.05, 0.1) is 43.0 Å². The minimum absolute atomic E-state index is 0.0489. The van der Waals surface area contributed by atoms with Crippen molar-refractivity contribution in [2.24, 2.45) is 22.9 Å². The van der Waals surface area contributed by atoms with E-state index in [-0.39, 0.29) is 82.0 Å². The second-order valence-electron chi connectivity index (χ2n) is 15.7. The molecule has 0 spiro atoms. The third-order valence-corrected chi connectivity index (χ3v) is 12.0. The van der Waals surface area contributed by atoms with Crippen molar-refractivity contribution in [3.05, 3.63) is 94.1 Å². The largest absolute Gasteiger partial charge is 0.492 e. The average molecular weight is 833 g/mol. The van der Waals surface area contributed by atoms with Crippen LogP contribution >= 0.6 is 0 Å². The molecule has 1 amide bonds. The van der Waals surface area contributed by atoms with Crippen LogP contribution in [0.5, 0.6) is 11.5 Å². The smallest absolute Gasteiger partial charge is 0.269 e. The van der Waals surface area contributed by atoms with Gasteiger partial charge in [-0.15, -0.1) is 6.58 Å². The summed E-state index contributed by atoms with van der Waals surface area (Å²) in [4.78, 5) is 35.0. The number of amides is 1. The molecule has 6 rings (SSSR count). The van der Waals surface area contributed by atoms with E-state index in [0.29, 0.717) is 36.5 Å². The van der Waals surface area contributed by atoms with E-state index in [4.69, 9.17) is 23.8 Å². The maximum atomic E-state index is 14.7. The minimum atomic E-state index is -1.47. The van der Waals surface area contributed by atoms with E-state index in [0.717, 1.165) is 62.2 Å². The maximum Gasteiger partial charge on any atom is 0.269 e. The van der Waals surface area contributed by atoms with E-state index in [9.17, 15) is 30.2 Å². The molecular weight excluding hydrogens is 773 g/mol. The lowest BCUT2D eigenvalue weighted by Crippen LogP contribution is -2.70. The van der Waals surface area contributed by atoms with Gasteiger partial charge >= 0.3 is 0 Å². The van der Waals surface area contributed by atoms with Crippen molar-refractivity contribution >= 4 is 23.4 Å². The number of carbonyl (C=O) groups is 1. The number of aliphatic hydroxyl groups is 3. The lowest BCUT2D eigenvalue weighted by Gasteiger charge is -2.60. The molecule has 15 nitrogen and oxygen atoms in total. The van der Waals surface area contributed by atoms with Gasteiger partial charge in [0.15, 0.2) is 0 Å². The molecule has 6 atom stereocenters. The first-order chi connectivity index (χ1) is 29.3. The summed E-state index contributed by atoms with van der Waals surface area (Å²) in [5.41, 5.74) is 3.07. The number of ether oxygens (including phenoxy) is 4. The van der Waals surface area contributed by atoms with Crippen LogP contribution in [-0.2, 0) is 19.1 Å². The highest BCUT2D eigenvalue weighted by molar-refractivity contribution is 6.03. The molecule has 6 unspecified atom stereocenters. The molecule has 2 aromatic carbocycles. The Labute approximate surface area is 352 Å². The zero-order valence-corrected chi connectivity index (χ0v) is 34.6. The minimum Gasteiger partial charge on any atom is -0.492 e. The first kappa shape index (κ1) is 44.9. The van der Waals surface area contributed by atoms with Crippen LogP contribution in [0.1, 0.15) is 62.0 Å². The number of non-ortho nitro benzene ring substituents is 1. The summed E-state index contributed by atoms with van der Waals surface area (Å²) < 4.78 is 26.4. The molecule has 2 heterocycles. The summed E-state index contributed by atoms with van der Waals surface area (Å²) in [5.74, 6) is -1.08. The molecule has 0 radical (unpaired) electrons. The molecular formula is C45H60N4O11. The topological polar surface area (TPSA) is 186 Å². The Bertz CT molecular complexity index is 1850. The number of nitro groups is 1. The van der Waals surface area contributed by atoms with Gasteiger partial charge < -0.3 is 44.0 Å². The Morgan fingerprint density at radius 2 is 1.82 bits per heavy atom. The van der Waals surface area contributed by atoms with Gasteiger partial charge in [-0.3, -0.25) is 19.8 Å². The van der Waals surface area contributed by atoms with Gasteiger partial charge in [0.25, 0.3) is 5.69 Å². The number of aliphatic hydroxyl groups excluding tert-OH is 3. The highest BCUT2D eigenvalue weighted by atomic mass is 16.7. The molecule has 3 N–H and O–H groups in total. The lowest BCUT2D eigenvalue weighted by molar-refractivity contribution is -0.384. The van der Waals surface area contributed by atoms with Crippen LogP contribution in [0, 0.1) is 27.9 Å². The number of oxime groups is 1. The Morgan fingerprint density at radius 3 is 2.50 bits per heavy atom. The fourth-order valence-electron chi connectivity index (χ4n) is 9.15. The van der Waals surface area contributed by atoms with Gasteiger partial charge in [0, 0.05) is 75.5 Å². The van der Waals surface area contributed by atoms with E-state index in [1.807, 2.05) is 12.1 Å². The molecule has 326 valence electrons. The van der Waals surface area contributed by atoms with E-state index < -0.39 is 22.7 Å². The average Bonchev–Trinajstić information content (AvgIpc) is 4.09. The predicted octanol–water partition coefficient (Wildman–Crippen LogP) is 5.10. The summed E-state index contributed by atoms with van der Waals surface area (Å²) in [6.07, 6.45) is 11.7. The predicted molar refractivity (Wildman–Crippen MR) is 226 cm³/mol. The summed E-state index contributed by atoms with van der Waals surface area (Å²) in [7, 11) is 1.50. The molecule has 2 aliphatic heterocycles. The number of allylic oxidation sites excluding steroid dienone is 1. The standard InChI is InChI=1S/C45H60N4O11/c1-3-25-59-45-41(48(21-26-57-28-24-52)42(53)17-12-32-10-13-34(14-11-32)49(54)55)31-39(46-56-2)37-29-33(8-4-6-22-50)36(9-5-7-23-51)43(44(37)45)38-30-35(15-16-40(38)60-45)58-27-20-47-18-19-47/h3,10-17,29-30,33,36,41,43-44,50-52H,1,4-9,18-28,31H2,2H3. The number of rotatable bonds is 25. The number of hydrogen-bond acceptors (Lipinski definition) is 13. The van der Waals surface area contributed by atoms with E-state index in [1.165, 1.54) is 25.3 Å². The van der Waals surface area contributed by atoms with Crippen LogP contribution in [-0.4, -0.2) is 133 Å². The third-order valence-electron chi connectivity index (χ3n) is 12.0. The number of nitro benzene ring substituents is 1. The number of carbonyl (C=O) groups excluding carboxylic acids is 1. The van der Waals surface area contributed by atoms with Crippen molar-refractivity contribution in [3.8, 4) is 11.5 Å². The van der Waals surface area contributed by atoms with Crippen LogP contribution in [0.3, 0.4) is 0 Å². The monoisotopic (exact) mass is 832 g/mol. The van der Waals surface area contributed by atoms with Crippen molar-refractivity contribution in [2.45, 2.75) is 62.7 Å². The van der Waals surface area contributed by atoms with Gasteiger partial charge in [-0.25, -0.2) is 0 Å². The van der Waals surface area contributed by atoms with Gasteiger partial charge in [-0.2, -0.15) is 0 Å². The van der Waals surface area contributed by atoms with Crippen LogP contribution in [0.25, 0.3) is 6.08 Å². The quantitative estimate of drug-likeness (QED) is 0.0301. The van der Waals surface area contributed by atoms with Crippen LogP contribution in [0.2, 0.25) is 0 Å². The number of benzene rings is 2. The Balaban J connectivity index is 1.51. The fourth-order valence-corrected chi connectivity index (χ4v) is 9.15. The second-order valence-corrected chi connectivity index (χ2v) is 15.7. The molecule has 2 aliphatic carbocycles. The molecule has 2 fully saturated rings. The number of fused-ring (bicyclic) bond motifs is 2. The first-order valence-electron chi connectivity index (χ1n) is 21.2. The number of nitrogens with zero attached hydrogens (tertiary/aromatic N) is 4. The van der Waals surface area contributed by atoms with Crippen LogP contribution in [0.4, 0.5) is 5.69 Å². The zero-order chi connectivity index (χ0) is 42.5. The van der Waals surface area contributed by atoms with Crippen molar-refractivity contribution in [1.29, 1.82) is 0 Å². The van der Waals surface area contributed by atoms with E-state index >= 15 is 0 Å². The molecule has 60 heavy (non-hydrogen) atoms. The molecule has 15 heteroatoms. The van der Waals surface area contributed by atoms with Crippen molar-refractivity contribution in [2.75, 3.05) is 79.5 Å². The number of unbranched alkanes of at least 4 members (excludes halogenated alkanes) is 2. The molecule has 0 bridgehead atoms. The van der Waals surface area contributed by atoms with Crippen molar-refractivity contribution < 1.29 is 48.8 Å². The van der Waals surface area contributed by atoms with Gasteiger partial charge in [0.2, 0.25) is 11.7 Å². The van der Waals surface area contributed by atoms with Crippen molar-refractivity contribution in [3.63, 3.8) is 0 Å². The van der Waals surface area contributed by atoms with Crippen LogP contribution < -0.4 is 9.47 Å². The Hall–Kier alpha value is -4.64. The van der Waals surface area contributed by atoms with Gasteiger partial charge in [0.1, 0.15) is 31.3 Å². The van der Waals surface area contributed by atoms with E-state index in [2.05, 4.69) is 28.8 Å². The van der Waals surface area contributed by atoms with Crippen molar-refractivity contribution in [1.82, 2.24) is 9.80 Å². The summed E-state index contributed by atoms with van der Waals surface area (Å²) in [5, 5.41) is 45.2. The fraction of sp³-hybridized carbons (Fsp3) is 0.556. The normalized spacial score (nSPS) is 24.9. The third kappa shape index (κ3) is 10.6. The highest BCUT2D eigenvalue weighted by Crippen LogP contribution is 2.62. The second kappa shape index (κ2) is 21.7. The van der Waals surface area contributed by atoms with Crippen LogP contribution in [0.15, 0.2) is 78.0 Å². The van der Waals surface area contributed by atoms with Gasteiger partial charge in [-0.1, -0.05) is 30.1 Å². The number of hydrogen-bond donors (Lipinski definition) is 3. The SMILES string of the molecule is C=CCOC12Oc3ccc(OCCN4CC4)cc3C3C(CCCCO)C(CCCCO)C=C(C(=NOC)CC1N(CCOCCO)C(=O)C=Cc1ccc([N+](=O)[O-])cc1)C32. The molecule has 0 aromatic heterocycles. The van der Waals surface area contributed by atoms with E-state index in [1.54, 1.807) is 29.2 Å². The first-order valence-corrected chi connectivity index (χ1v) is 21.2. The highest BCUT2D eigenvalue weighted by Gasteiger charge is 2.65. The lowest BCUT2D eigenvalue weighted by atomic mass is 9.55. The Kier molecular flexibility index (Phi) is 16.3. The molecule has 1 saturated carbocycles. The molecule has 2 aromatic rings. The zero-order valence-electron chi connectivity index (χ0n) is 34.6. The van der Waals surface area contributed by atoms with Gasteiger partial charge in [-0.05, 0) is 85.1 Å².